The first-order valence-electron chi connectivity index (χ1n) is 9.25. The first-order chi connectivity index (χ1) is 14.8. The Morgan fingerprint density at radius 2 is 1.94 bits per heavy atom. The first kappa shape index (κ1) is 21.3. The molecule has 0 aliphatic rings. The molecule has 1 aromatic heterocycles. The van der Waals surface area contributed by atoms with E-state index in [1.807, 2.05) is 32.0 Å². The molecule has 0 aliphatic carbocycles. The molecule has 156 valence electrons. The summed E-state index contributed by atoms with van der Waals surface area (Å²) in [5.74, 6) is 0.204. The average molecular weight is 417 g/mol. The maximum Gasteiger partial charge on any atom is 0.284 e. The van der Waals surface area contributed by atoms with Crippen LogP contribution in [0.2, 0.25) is 0 Å². The zero-order chi connectivity index (χ0) is 22.5. The van der Waals surface area contributed by atoms with Crippen LogP contribution in [0.5, 0.6) is 5.75 Å². The lowest BCUT2D eigenvalue weighted by molar-refractivity contribution is -0.384. The van der Waals surface area contributed by atoms with Gasteiger partial charge in [0.2, 0.25) is 0 Å². The summed E-state index contributed by atoms with van der Waals surface area (Å²) >= 11 is 0. The van der Waals surface area contributed by atoms with Gasteiger partial charge in [-0.1, -0.05) is 6.07 Å². The molecule has 0 atom stereocenters. The topological polar surface area (TPSA) is 118 Å². The van der Waals surface area contributed by atoms with E-state index in [9.17, 15) is 20.2 Å². The molecule has 1 amide bonds. The van der Waals surface area contributed by atoms with Gasteiger partial charge in [0.25, 0.3) is 11.6 Å². The van der Waals surface area contributed by atoms with Gasteiger partial charge in [0.15, 0.2) is 0 Å². The second-order valence-electron chi connectivity index (χ2n) is 6.77. The number of carbonyl (C=O) groups excluding carboxylic acids is 1. The van der Waals surface area contributed by atoms with E-state index >= 15 is 0 Å². The van der Waals surface area contributed by atoms with Crippen LogP contribution in [0.25, 0.3) is 17.4 Å². The minimum Gasteiger partial charge on any atom is -0.497 e. The van der Waals surface area contributed by atoms with Crippen molar-refractivity contribution in [1.29, 1.82) is 5.26 Å². The Morgan fingerprint density at radius 1 is 1.16 bits per heavy atom. The smallest absolute Gasteiger partial charge is 0.284 e. The predicted molar refractivity (Wildman–Crippen MR) is 115 cm³/mol. The van der Waals surface area contributed by atoms with E-state index in [0.717, 1.165) is 11.1 Å². The van der Waals surface area contributed by atoms with Crippen LogP contribution in [0.4, 0.5) is 11.4 Å². The fourth-order valence-corrected chi connectivity index (χ4v) is 2.88. The lowest BCUT2D eigenvalue weighted by atomic mass is 10.1. The number of hydrogen-bond donors (Lipinski definition) is 1. The van der Waals surface area contributed by atoms with Crippen LogP contribution in [0.3, 0.4) is 0 Å². The van der Waals surface area contributed by atoms with E-state index in [2.05, 4.69) is 5.32 Å². The highest BCUT2D eigenvalue weighted by Gasteiger charge is 2.20. The van der Waals surface area contributed by atoms with Gasteiger partial charge in [-0.05, 0) is 61.4 Å². The molecule has 3 aromatic rings. The number of benzene rings is 2. The fraction of sp³-hybridized carbons (Fsp3) is 0.130. The van der Waals surface area contributed by atoms with Gasteiger partial charge in [0, 0.05) is 11.8 Å². The molecular weight excluding hydrogens is 398 g/mol. The number of hydrogen-bond acceptors (Lipinski definition) is 6. The van der Waals surface area contributed by atoms with Crippen molar-refractivity contribution in [2.45, 2.75) is 13.8 Å². The van der Waals surface area contributed by atoms with Crippen LogP contribution in [0, 0.1) is 35.3 Å². The Balaban J connectivity index is 1.87. The summed E-state index contributed by atoms with van der Waals surface area (Å²) in [6.45, 7) is 3.89. The van der Waals surface area contributed by atoms with Crippen molar-refractivity contribution in [2.75, 3.05) is 12.4 Å². The van der Waals surface area contributed by atoms with Crippen molar-refractivity contribution in [3.05, 3.63) is 81.1 Å². The van der Waals surface area contributed by atoms with Crippen molar-refractivity contribution in [1.82, 2.24) is 0 Å². The third kappa shape index (κ3) is 4.79. The lowest BCUT2D eigenvalue weighted by Gasteiger charge is -2.07. The number of ether oxygens (including phenoxy) is 1. The molecule has 8 nitrogen and oxygen atoms in total. The zero-order valence-electron chi connectivity index (χ0n) is 17.1. The highest BCUT2D eigenvalue weighted by atomic mass is 16.6. The molecule has 0 spiro atoms. The molecule has 2 aromatic carbocycles. The zero-order valence-corrected chi connectivity index (χ0v) is 17.1. The first-order valence-corrected chi connectivity index (χ1v) is 9.25. The second-order valence-corrected chi connectivity index (χ2v) is 6.77. The molecule has 0 bridgehead atoms. The minimum absolute atomic E-state index is 0.164. The quantitative estimate of drug-likeness (QED) is 0.260. The monoisotopic (exact) mass is 417 g/mol. The number of nitrogens with one attached hydrogen (secondary N) is 1. The summed E-state index contributed by atoms with van der Waals surface area (Å²) in [5, 5.41) is 23.5. The van der Waals surface area contributed by atoms with Crippen LogP contribution >= 0.6 is 0 Å². The highest BCUT2D eigenvalue weighted by Crippen LogP contribution is 2.34. The molecule has 0 saturated heterocycles. The minimum atomic E-state index is -0.584. The van der Waals surface area contributed by atoms with Gasteiger partial charge in [0.1, 0.15) is 28.9 Å². The molecule has 0 fully saturated rings. The molecule has 0 aliphatic heterocycles. The van der Waals surface area contributed by atoms with E-state index in [1.54, 1.807) is 12.1 Å². The Hall–Kier alpha value is -4.38. The summed E-state index contributed by atoms with van der Waals surface area (Å²) in [6, 6.07) is 14.8. The number of amides is 1. The van der Waals surface area contributed by atoms with E-state index in [1.165, 1.54) is 37.5 Å². The number of carbonyl (C=O) groups is 1. The van der Waals surface area contributed by atoms with Gasteiger partial charge in [-0.25, -0.2) is 0 Å². The SMILES string of the molecule is COc1ccc(-c2ccc(/C=C(\C#N)C(=O)Nc3ccc(C)c(C)c3)o2)c([N+](=O)[O-])c1. The van der Waals surface area contributed by atoms with E-state index in [-0.39, 0.29) is 28.3 Å². The van der Waals surface area contributed by atoms with Crippen LogP contribution in [0.15, 0.2) is 58.5 Å². The normalized spacial score (nSPS) is 11.0. The Labute approximate surface area is 178 Å². The lowest BCUT2D eigenvalue weighted by Crippen LogP contribution is -2.13. The van der Waals surface area contributed by atoms with E-state index in [4.69, 9.17) is 9.15 Å². The van der Waals surface area contributed by atoms with Crippen LogP contribution in [-0.4, -0.2) is 17.9 Å². The van der Waals surface area contributed by atoms with Gasteiger partial charge in [0.05, 0.1) is 23.7 Å². The number of nitriles is 1. The summed E-state index contributed by atoms with van der Waals surface area (Å²) in [7, 11) is 1.42. The number of nitro benzene ring substituents is 1. The van der Waals surface area contributed by atoms with Crippen molar-refractivity contribution in [2.24, 2.45) is 0 Å². The Kier molecular flexibility index (Phi) is 6.17. The number of rotatable bonds is 6. The molecule has 0 saturated carbocycles. The number of methoxy groups -OCH3 is 1. The number of anilines is 1. The second kappa shape index (κ2) is 8.97. The van der Waals surface area contributed by atoms with Crippen molar-refractivity contribution < 1.29 is 18.9 Å². The molecule has 0 unspecified atom stereocenters. The molecular formula is C23H19N3O5. The maximum atomic E-state index is 12.5. The average Bonchev–Trinajstić information content (AvgIpc) is 3.22. The van der Waals surface area contributed by atoms with Gasteiger partial charge < -0.3 is 14.5 Å². The number of nitrogens with zero attached hydrogens (tertiary/aromatic N) is 2. The number of aryl methyl sites for hydroxylation is 2. The molecule has 1 N–H and O–H groups in total. The maximum absolute atomic E-state index is 12.5. The third-order valence-electron chi connectivity index (χ3n) is 4.71. The Bertz CT molecular complexity index is 1230. The van der Waals surface area contributed by atoms with Crippen LogP contribution in [-0.2, 0) is 4.79 Å². The largest absolute Gasteiger partial charge is 0.497 e. The van der Waals surface area contributed by atoms with Gasteiger partial charge in [-0.3, -0.25) is 14.9 Å². The van der Waals surface area contributed by atoms with E-state index in [0.29, 0.717) is 11.4 Å². The molecule has 3 rings (SSSR count). The summed E-state index contributed by atoms with van der Waals surface area (Å²) < 4.78 is 10.7. The number of furan rings is 1. The van der Waals surface area contributed by atoms with Gasteiger partial charge in [-0.15, -0.1) is 0 Å². The summed E-state index contributed by atoms with van der Waals surface area (Å²) in [6.07, 6.45) is 1.29. The number of nitro groups is 1. The van der Waals surface area contributed by atoms with Gasteiger partial charge >= 0.3 is 0 Å². The fourth-order valence-electron chi connectivity index (χ4n) is 2.88. The summed E-state index contributed by atoms with van der Waals surface area (Å²) in [4.78, 5) is 23.4. The Morgan fingerprint density at radius 3 is 2.58 bits per heavy atom. The highest BCUT2D eigenvalue weighted by molar-refractivity contribution is 6.09. The van der Waals surface area contributed by atoms with Gasteiger partial charge in [-0.2, -0.15) is 5.26 Å². The molecule has 1 heterocycles. The van der Waals surface area contributed by atoms with Crippen molar-refractivity contribution in [3.63, 3.8) is 0 Å². The standard InChI is InChI=1S/C23H19N3O5/c1-14-4-5-17(10-15(14)2)25-23(27)16(13-24)11-19-7-9-22(31-19)20-8-6-18(30-3)12-21(20)26(28)29/h4-12H,1-3H3,(H,25,27)/b16-11+. The predicted octanol–water partition coefficient (Wildman–Crippen LogP) is 5.03. The van der Waals surface area contributed by atoms with Crippen molar-refractivity contribution in [3.8, 4) is 23.1 Å². The summed E-state index contributed by atoms with van der Waals surface area (Å²) in [5.41, 5.74) is 2.58. The van der Waals surface area contributed by atoms with E-state index < -0.39 is 10.8 Å². The van der Waals surface area contributed by atoms with Crippen molar-refractivity contribution >= 4 is 23.4 Å². The van der Waals surface area contributed by atoms with Crippen LogP contribution in [0.1, 0.15) is 16.9 Å². The molecule has 8 heteroatoms. The molecule has 31 heavy (non-hydrogen) atoms. The molecule has 0 radical (unpaired) electrons. The van der Waals surface area contributed by atoms with Crippen LogP contribution < -0.4 is 10.1 Å². The third-order valence-corrected chi connectivity index (χ3v) is 4.71.